The summed E-state index contributed by atoms with van der Waals surface area (Å²) in [5.41, 5.74) is 1.15. The van der Waals surface area contributed by atoms with Gasteiger partial charge in [-0.25, -0.2) is 22.5 Å². The highest BCUT2D eigenvalue weighted by Crippen LogP contribution is 2.31. The number of alkyl halides is 3. The number of nitrogens with zero attached hydrogens (tertiary/aromatic N) is 3. The Morgan fingerprint density at radius 2 is 1.67 bits per heavy atom. The first-order valence-corrected chi connectivity index (χ1v) is 9.47. The Morgan fingerprint density at radius 3 is 2.19 bits per heavy atom. The fourth-order valence-electron chi connectivity index (χ4n) is 2.42. The third-order valence-electron chi connectivity index (χ3n) is 3.73. The van der Waals surface area contributed by atoms with Crippen molar-refractivity contribution in [2.24, 2.45) is 0 Å². The summed E-state index contributed by atoms with van der Waals surface area (Å²) in [6.07, 6.45) is -3.96. The molecule has 0 radical (unpaired) electrons. The van der Waals surface area contributed by atoms with Gasteiger partial charge in [0.25, 0.3) is 5.82 Å². The molecule has 3 aromatic rings. The maximum absolute atomic E-state index is 14.2. The van der Waals surface area contributed by atoms with E-state index in [0.29, 0.717) is 5.56 Å². The van der Waals surface area contributed by atoms with Crippen LogP contribution in [0, 0.1) is 12.7 Å². The quantitative estimate of drug-likeness (QED) is 0.629. The molecule has 0 unspecified atom stereocenters. The van der Waals surface area contributed by atoms with Crippen LogP contribution in [0.3, 0.4) is 0 Å². The van der Waals surface area contributed by atoms with E-state index in [1.54, 1.807) is 24.3 Å². The highest BCUT2D eigenvalue weighted by atomic mass is 32.2. The smallest absolute Gasteiger partial charge is 0.224 e. The van der Waals surface area contributed by atoms with Gasteiger partial charge in [0.1, 0.15) is 10.7 Å². The monoisotopic (exact) mass is 399 g/mol. The molecule has 10 heteroatoms. The zero-order valence-electron chi connectivity index (χ0n) is 14.1. The summed E-state index contributed by atoms with van der Waals surface area (Å²) >= 11 is 0. The van der Waals surface area contributed by atoms with E-state index in [9.17, 15) is 26.0 Å². The number of aromatic nitrogens is 3. The van der Waals surface area contributed by atoms with Crippen LogP contribution in [0.2, 0.25) is 0 Å². The number of aryl methyl sites for hydroxylation is 1. The summed E-state index contributed by atoms with van der Waals surface area (Å²) in [7, 11) is -3.82. The molecule has 0 amide bonds. The third-order valence-corrected chi connectivity index (χ3v) is 4.86. The lowest BCUT2D eigenvalue weighted by Crippen LogP contribution is -2.09. The van der Waals surface area contributed by atoms with Gasteiger partial charge in [0.2, 0.25) is 0 Å². The molecular formula is C17H13F4N3O2S. The Labute approximate surface area is 152 Å². The van der Waals surface area contributed by atoms with Crippen molar-refractivity contribution in [1.29, 1.82) is 0 Å². The van der Waals surface area contributed by atoms with Crippen LogP contribution < -0.4 is 0 Å². The van der Waals surface area contributed by atoms with Crippen molar-refractivity contribution in [2.45, 2.75) is 18.0 Å². The molecule has 0 saturated carbocycles. The summed E-state index contributed by atoms with van der Waals surface area (Å²) in [6, 6.07) is 9.47. The first-order chi connectivity index (χ1) is 12.5. The summed E-state index contributed by atoms with van der Waals surface area (Å²) in [5.74, 6) is -2.62. The first kappa shape index (κ1) is 19.0. The molecule has 0 aliphatic heterocycles. The van der Waals surface area contributed by atoms with Gasteiger partial charge in [-0.1, -0.05) is 29.8 Å². The van der Waals surface area contributed by atoms with Crippen molar-refractivity contribution in [1.82, 2.24) is 14.8 Å². The van der Waals surface area contributed by atoms with Crippen LogP contribution >= 0.6 is 0 Å². The molecule has 0 aliphatic carbocycles. The second kappa shape index (κ2) is 6.45. The second-order valence-electron chi connectivity index (χ2n) is 5.92. The van der Waals surface area contributed by atoms with Gasteiger partial charge in [-0.3, -0.25) is 0 Å². The lowest BCUT2D eigenvalue weighted by Gasteiger charge is -2.08. The normalized spacial score (nSPS) is 12.4. The molecular weight excluding hydrogens is 386 g/mol. The average Bonchev–Trinajstić information content (AvgIpc) is 2.99. The van der Waals surface area contributed by atoms with Crippen LogP contribution in [0.25, 0.3) is 17.1 Å². The largest absolute Gasteiger partial charge is 0.453 e. The van der Waals surface area contributed by atoms with Gasteiger partial charge in [0, 0.05) is 17.9 Å². The van der Waals surface area contributed by atoms with Gasteiger partial charge in [0.15, 0.2) is 15.7 Å². The minimum Gasteiger partial charge on any atom is -0.224 e. The number of halogens is 4. The third kappa shape index (κ3) is 3.85. The molecule has 3 rings (SSSR count). The van der Waals surface area contributed by atoms with Crippen molar-refractivity contribution in [3.05, 3.63) is 59.7 Å². The lowest BCUT2D eigenvalue weighted by atomic mass is 10.1. The summed E-state index contributed by atoms with van der Waals surface area (Å²) in [4.78, 5) is 2.99. The molecule has 1 aromatic heterocycles. The van der Waals surface area contributed by atoms with Crippen molar-refractivity contribution >= 4 is 9.84 Å². The van der Waals surface area contributed by atoms with Crippen LogP contribution in [-0.4, -0.2) is 29.4 Å². The maximum atomic E-state index is 14.2. The van der Waals surface area contributed by atoms with Gasteiger partial charge < -0.3 is 0 Å². The van der Waals surface area contributed by atoms with E-state index in [4.69, 9.17) is 0 Å². The SMILES string of the molecule is Cc1ccc(-c2nc(C(F)(F)F)nn2-c2ccc(S(C)(=O)=O)c(F)c2)cc1. The molecule has 0 fully saturated rings. The van der Waals surface area contributed by atoms with Crippen LogP contribution in [0.1, 0.15) is 11.4 Å². The number of rotatable bonds is 3. The summed E-state index contributed by atoms with van der Waals surface area (Å²) < 4.78 is 77.4. The molecule has 0 atom stereocenters. The predicted molar refractivity (Wildman–Crippen MR) is 89.6 cm³/mol. The Morgan fingerprint density at radius 1 is 1.04 bits per heavy atom. The van der Waals surface area contributed by atoms with Crippen LogP contribution in [0.4, 0.5) is 17.6 Å². The van der Waals surface area contributed by atoms with Gasteiger partial charge in [0.05, 0.1) is 5.69 Å². The van der Waals surface area contributed by atoms with E-state index in [1.165, 1.54) is 6.07 Å². The predicted octanol–water partition coefficient (Wildman–Crippen LogP) is 3.80. The topological polar surface area (TPSA) is 64.8 Å². The first-order valence-electron chi connectivity index (χ1n) is 7.58. The second-order valence-corrected chi connectivity index (χ2v) is 7.91. The van der Waals surface area contributed by atoms with Crippen molar-refractivity contribution < 1.29 is 26.0 Å². The van der Waals surface area contributed by atoms with Gasteiger partial charge >= 0.3 is 6.18 Å². The number of sulfone groups is 1. The molecule has 0 N–H and O–H groups in total. The Balaban J connectivity index is 2.21. The van der Waals surface area contributed by atoms with E-state index in [1.807, 2.05) is 6.92 Å². The minimum atomic E-state index is -4.80. The Bertz CT molecular complexity index is 1100. The zero-order valence-corrected chi connectivity index (χ0v) is 14.9. The molecule has 0 bridgehead atoms. The fourth-order valence-corrected chi connectivity index (χ4v) is 3.15. The van der Waals surface area contributed by atoms with Crippen LogP contribution in [0.5, 0.6) is 0 Å². The van der Waals surface area contributed by atoms with Crippen LogP contribution in [-0.2, 0) is 16.0 Å². The summed E-state index contributed by atoms with van der Waals surface area (Å²) in [6.45, 7) is 1.81. The van der Waals surface area contributed by atoms with Crippen molar-refractivity contribution in [3.63, 3.8) is 0 Å². The average molecular weight is 399 g/mol. The zero-order chi connectivity index (χ0) is 20.0. The van der Waals surface area contributed by atoms with E-state index in [0.717, 1.165) is 28.6 Å². The Kier molecular flexibility index (Phi) is 4.54. The van der Waals surface area contributed by atoms with Crippen molar-refractivity contribution in [2.75, 3.05) is 6.26 Å². The van der Waals surface area contributed by atoms with E-state index >= 15 is 0 Å². The van der Waals surface area contributed by atoms with E-state index in [2.05, 4.69) is 10.1 Å². The fraction of sp³-hybridized carbons (Fsp3) is 0.176. The number of benzene rings is 2. The molecule has 5 nitrogen and oxygen atoms in total. The standard InChI is InChI=1S/C17H13F4N3O2S/c1-10-3-5-11(6-4-10)15-22-16(17(19,20)21)23-24(15)12-7-8-14(13(18)9-12)27(2,25)26/h3-9H,1-2H3. The number of hydrogen-bond acceptors (Lipinski definition) is 4. The highest BCUT2D eigenvalue weighted by Gasteiger charge is 2.37. The van der Waals surface area contributed by atoms with E-state index < -0.39 is 32.6 Å². The molecule has 27 heavy (non-hydrogen) atoms. The van der Waals surface area contributed by atoms with Crippen LogP contribution in [0.15, 0.2) is 47.4 Å². The molecule has 1 heterocycles. The van der Waals surface area contributed by atoms with Crippen molar-refractivity contribution in [3.8, 4) is 17.1 Å². The molecule has 2 aromatic carbocycles. The Hall–Kier alpha value is -2.75. The highest BCUT2D eigenvalue weighted by molar-refractivity contribution is 7.90. The molecule has 0 saturated heterocycles. The molecule has 142 valence electrons. The van der Waals surface area contributed by atoms with E-state index in [-0.39, 0.29) is 11.5 Å². The molecule has 0 spiro atoms. The van der Waals surface area contributed by atoms with Gasteiger partial charge in [-0.05, 0) is 19.1 Å². The summed E-state index contributed by atoms with van der Waals surface area (Å²) in [5, 5.41) is 3.45. The van der Waals surface area contributed by atoms with Gasteiger partial charge in [-0.2, -0.15) is 13.2 Å². The maximum Gasteiger partial charge on any atom is 0.453 e. The minimum absolute atomic E-state index is 0.0847. The number of hydrogen-bond donors (Lipinski definition) is 0. The van der Waals surface area contributed by atoms with Gasteiger partial charge in [-0.15, -0.1) is 5.10 Å². The lowest BCUT2D eigenvalue weighted by molar-refractivity contribution is -0.144. The molecule has 0 aliphatic rings.